The zero-order valence-corrected chi connectivity index (χ0v) is 17.8. The lowest BCUT2D eigenvalue weighted by molar-refractivity contribution is 0.0921. The highest BCUT2D eigenvalue weighted by atomic mass is 16.3. The second kappa shape index (κ2) is 8.83. The van der Waals surface area contributed by atoms with Crippen LogP contribution in [-0.4, -0.2) is 38.7 Å². The Morgan fingerprint density at radius 1 is 1.13 bits per heavy atom. The molecule has 0 spiro atoms. The predicted molar refractivity (Wildman–Crippen MR) is 114 cm³/mol. The number of hydrogen-bond acceptors (Lipinski definition) is 5. The van der Waals surface area contributed by atoms with Crippen LogP contribution in [-0.2, 0) is 19.5 Å². The van der Waals surface area contributed by atoms with Crippen molar-refractivity contribution in [2.24, 2.45) is 5.92 Å². The third kappa shape index (κ3) is 4.46. The molecule has 0 radical (unpaired) electrons. The van der Waals surface area contributed by atoms with Crippen molar-refractivity contribution in [3.05, 3.63) is 71.2 Å². The Morgan fingerprint density at radius 2 is 1.93 bits per heavy atom. The number of fused-ring (bicyclic) bond motifs is 1. The quantitative estimate of drug-likeness (QED) is 0.678. The molecule has 1 atom stereocenters. The van der Waals surface area contributed by atoms with E-state index in [9.17, 15) is 4.79 Å². The highest BCUT2D eigenvalue weighted by Gasteiger charge is 2.28. The lowest BCUT2D eigenvalue weighted by Crippen LogP contribution is -2.34. The number of aromatic nitrogens is 3. The van der Waals surface area contributed by atoms with Crippen LogP contribution in [0.1, 0.15) is 53.0 Å². The first kappa shape index (κ1) is 20.3. The van der Waals surface area contributed by atoms with Crippen LogP contribution in [0.25, 0.3) is 0 Å². The molecule has 158 valence electrons. The molecular weight excluding hydrogens is 378 g/mol. The second-order valence-corrected chi connectivity index (χ2v) is 8.34. The van der Waals surface area contributed by atoms with E-state index in [0.717, 1.165) is 44.2 Å². The van der Waals surface area contributed by atoms with Crippen molar-refractivity contribution in [2.45, 2.75) is 46.3 Å². The molecule has 0 bridgehead atoms. The maximum absolute atomic E-state index is 12.6. The molecule has 2 aromatic heterocycles. The van der Waals surface area contributed by atoms with E-state index in [4.69, 9.17) is 4.42 Å². The van der Waals surface area contributed by atoms with Crippen molar-refractivity contribution >= 4 is 5.91 Å². The molecule has 7 nitrogen and oxygen atoms in total. The smallest absolute Gasteiger partial charge is 0.255 e. The number of furan rings is 1. The van der Waals surface area contributed by atoms with Crippen LogP contribution in [0.4, 0.5) is 0 Å². The number of hydrogen-bond donors (Lipinski definition) is 1. The third-order valence-electron chi connectivity index (χ3n) is 5.69. The third-order valence-corrected chi connectivity index (χ3v) is 5.69. The molecule has 30 heavy (non-hydrogen) atoms. The molecule has 0 saturated carbocycles. The summed E-state index contributed by atoms with van der Waals surface area (Å²) < 4.78 is 7.23. The highest BCUT2D eigenvalue weighted by molar-refractivity contribution is 5.94. The van der Waals surface area contributed by atoms with E-state index in [1.54, 1.807) is 6.07 Å². The fourth-order valence-corrected chi connectivity index (χ4v) is 3.88. The van der Waals surface area contributed by atoms with Crippen molar-refractivity contribution in [2.75, 3.05) is 13.1 Å². The zero-order valence-electron chi connectivity index (χ0n) is 17.8. The maximum atomic E-state index is 12.6. The first-order valence-corrected chi connectivity index (χ1v) is 10.5. The largest absolute Gasteiger partial charge is 0.472 e. The van der Waals surface area contributed by atoms with Crippen molar-refractivity contribution in [3.63, 3.8) is 0 Å². The Kier molecular flexibility index (Phi) is 5.99. The molecular formula is C23H29N5O2. The highest BCUT2D eigenvalue weighted by Crippen LogP contribution is 2.23. The van der Waals surface area contributed by atoms with Gasteiger partial charge in [-0.2, -0.15) is 0 Å². The average Bonchev–Trinajstić information content (AvgIpc) is 3.36. The fourth-order valence-electron chi connectivity index (χ4n) is 3.88. The summed E-state index contributed by atoms with van der Waals surface area (Å²) in [5.41, 5.74) is 3.12. The first-order valence-electron chi connectivity index (χ1n) is 10.5. The van der Waals surface area contributed by atoms with E-state index in [1.165, 1.54) is 23.7 Å². The average molecular weight is 408 g/mol. The van der Waals surface area contributed by atoms with E-state index in [2.05, 4.69) is 70.0 Å². The number of aryl methyl sites for hydroxylation is 1. The van der Waals surface area contributed by atoms with Gasteiger partial charge in [0.05, 0.1) is 17.9 Å². The molecule has 1 amide bonds. The first-order chi connectivity index (χ1) is 14.5. The van der Waals surface area contributed by atoms with E-state index in [-0.39, 0.29) is 17.9 Å². The van der Waals surface area contributed by atoms with Crippen LogP contribution in [0, 0.1) is 12.8 Å². The van der Waals surface area contributed by atoms with E-state index < -0.39 is 0 Å². The van der Waals surface area contributed by atoms with Crippen molar-refractivity contribution < 1.29 is 9.21 Å². The van der Waals surface area contributed by atoms with Gasteiger partial charge in [0.1, 0.15) is 12.1 Å². The summed E-state index contributed by atoms with van der Waals surface area (Å²) in [4.78, 5) is 15.1. The Morgan fingerprint density at radius 3 is 2.63 bits per heavy atom. The van der Waals surface area contributed by atoms with Gasteiger partial charge in [0.15, 0.2) is 5.82 Å². The van der Waals surface area contributed by atoms with Crippen LogP contribution in [0.15, 0.2) is 47.3 Å². The summed E-state index contributed by atoms with van der Waals surface area (Å²) in [6.45, 7) is 9.89. The lowest BCUT2D eigenvalue weighted by atomic mass is 10.0. The minimum absolute atomic E-state index is 0.158. The van der Waals surface area contributed by atoms with Gasteiger partial charge in [0, 0.05) is 32.6 Å². The SMILES string of the molecule is Cc1ccc(CN2CCc3nnc([C@H](NC(=O)c4ccoc4)C(C)C)n3CC2)cc1. The van der Waals surface area contributed by atoms with Gasteiger partial charge in [-0.1, -0.05) is 43.7 Å². The molecule has 1 aliphatic rings. The van der Waals surface area contributed by atoms with Gasteiger partial charge in [0.25, 0.3) is 5.91 Å². The van der Waals surface area contributed by atoms with Crippen LogP contribution >= 0.6 is 0 Å². The molecule has 0 aliphatic carbocycles. The number of nitrogens with one attached hydrogen (secondary N) is 1. The number of benzene rings is 1. The molecule has 3 heterocycles. The molecule has 0 fully saturated rings. The van der Waals surface area contributed by atoms with Crippen LogP contribution in [0.3, 0.4) is 0 Å². The molecule has 0 saturated heterocycles. The van der Waals surface area contributed by atoms with Gasteiger partial charge in [0.2, 0.25) is 0 Å². The number of amides is 1. The molecule has 4 rings (SSSR count). The van der Waals surface area contributed by atoms with Gasteiger partial charge < -0.3 is 14.3 Å². The van der Waals surface area contributed by atoms with Gasteiger partial charge in [-0.05, 0) is 24.5 Å². The molecule has 1 aliphatic heterocycles. The van der Waals surface area contributed by atoms with E-state index in [1.807, 2.05) is 0 Å². The Bertz CT molecular complexity index is 976. The number of carbonyl (C=O) groups is 1. The Balaban J connectivity index is 1.48. The second-order valence-electron chi connectivity index (χ2n) is 8.34. The Hall–Kier alpha value is -2.93. The van der Waals surface area contributed by atoms with Crippen molar-refractivity contribution in [3.8, 4) is 0 Å². The summed E-state index contributed by atoms with van der Waals surface area (Å²) in [5.74, 6) is 1.84. The predicted octanol–water partition coefficient (Wildman–Crippen LogP) is 3.36. The van der Waals surface area contributed by atoms with Crippen LogP contribution in [0.2, 0.25) is 0 Å². The summed E-state index contributed by atoms with van der Waals surface area (Å²) in [7, 11) is 0. The Labute approximate surface area is 177 Å². The summed E-state index contributed by atoms with van der Waals surface area (Å²) in [6, 6.07) is 10.2. The van der Waals surface area contributed by atoms with Crippen LogP contribution < -0.4 is 5.32 Å². The number of nitrogens with zero attached hydrogens (tertiary/aromatic N) is 4. The van der Waals surface area contributed by atoms with Gasteiger partial charge in [-0.25, -0.2) is 0 Å². The summed E-state index contributed by atoms with van der Waals surface area (Å²) >= 11 is 0. The standard InChI is InChI=1S/C23H29N5O2/c1-16(2)21(24-23(29)19-9-13-30-15-19)22-26-25-20-8-10-27(11-12-28(20)22)14-18-6-4-17(3)5-7-18/h4-7,9,13,15-16,21H,8,10-12,14H2,1-3H3,(H,24,29)/t21-/m1/s1. The molecule has 0 unspecified atom stereocenters. The van der Waals surface area contributed by atoms with E-state index in [0.29, 0.717) is 5.56 Å². The summed E-state index contributed by atoms with van der Waals surface area (Å²) in [5, 5.41) is 12.0. The normalized spacial score (nSPS) is 15.6. The van der Waals surface area contributed by atoms with Crippen molar-refractivity contribution in [1.82, 2.24) is 25.0 Å². The monoisotopic (exact) mass is 407 g/mol. The summed E-state index contributed by atoms with van der Waals surface area (Å²) in [6.07, 6.45) is 3.81. The van der Waals surface area contributed by atoms with E-state index >= 15 is 0 Å². The number of rotatable bonds is 6. The zero-order chi connectivity index (χ0) is 21.1. The lowest BCUT2D eigenvalue weighted by Gasteiger charge is -2.23. The van der Waals surface area contributed by atoms with Crippen molar-refractivity contribution in [1.29, 1.82) is 0 Å². The van der Waals surface area contributed by atoms with Gasteiger partial charge in [-0.15, -0.1) is 10.2 Å². The van der Waals surface area contributed by atoms with Crippen LogP contribution in [0.5, 0.6) is 0 Å². The molecule has 1 aromatic carbocycles. The minimum atomic E-state index is -0.211. The molecule has 3 aromatic rings. The van der Waals surface area contributed by atoms with Gasteiger partial charge >= 0.3 is 0 Å². The van der Waals surface area contributed by atoms with Gasteiger partial charge in [-0.3, -0.25) is 9.69 Å². The topological polar surface area (TPSA) is 76.2 Å². The number of carbonyl (C=O) groups excluding carboxylic acids is 1. The fraction of sp³-hybridized carbons (Fsp3) is 0.435. The maximum Gasteiger partial charge on any atom is 0.255 e. The molecule has 7 heteroatoms. The minimum Gasteiger partial charge on any atom is -0.472 e. The molecule has 1 N–H and O–H groups in total.